The molecule has 1 atom stereocenters. The van der Waals surface area contributed by atoms with Gasteiger partial charge in [0.2, 0.25) is 0 Å². The third kappa shape index (κ3) is 3.69. The van der Waals surface area contributed by atoms with E-state index in [-0.39, 0.29) is 12.1 Å². The second-order valence-electron chi connectivity index (χ2n) is 5.75. The number of rotatable bonds is 1. The smallest absolute Gasteiger partial charge is 0.410 e. The van der Waals surface area contributed by atoms with E-state index >= 15 is 0 Å². The van der Waals surface area contributed by atoms with Gasteiger partial charge in [-0.15, -0.1) is 0 Å². The number of hydrogen-bond donors (Lipinski definition) is 0. The fourth-order valence-electron chi connectivity index (χ4n) is 2.24. The molecule has 0 N–H and O–H groups in total. The number of amides is 1. The molecule has 1 aromatic heterocycles. The summed E-state index contributed by atoms with van der Waals surface area (Å²) in [6.45, 7) is 6.40. The molecule has 2 heterocycles. The highest BCUT2D eigenvalue weighted by Crippen LogP contribution is 2.33. The molecule has 0 spiro atoms. The summed E-state index contributed by atoms with van der Waals surface area (Å²) in [7, 11) is 0. The second kappa shape index (κ2) is 5.49. The zero-order chi connectivity index (χ0) is 14.0. The summed E-state index contributed by atoms with van der Waals surface area (Å²) in [6, 6.07) is 3.99. The van der Waals surface area contributed by atoms with E-state index in [1.807, 2.05) is 39.1 Å². The van der Waals surface area contributed by atoms with Crippen molar-refractivity contribution in [3.05, 3.63) is 28.5 Å². The molecule has 1 fully saturated rings. The maximum atomic E-state index is 12.2. The summed E-state index contributed by atoms with van der Waals surface area (Å²) in [5.74, 6) is 0. The third-order valence-corrected chi connectivity index (χ3v) is 3.48. The predicted octanol–water partition coefficient (Wildman–Crippen LogP) is 3.92. The lowest BCUT2D eigenvalue weighted by molar-refractivity contribution is 0.0224. The van der Waals surface area contributed by atoms with Crippen molar-refractivity contribution in [2.45, 2.75) is 45.3 Å². The molecule has 0 aliphatic carbocycles. The fourth-order valence-corrected chi connectivity index (χ4v) is 2.47. The van der Waals surface area contributed by atoms with Crippen molar-refractivity contribution >= 4 is 22.0 Å². The van der Waals surface area contributed by atoms with Crippen LogP contribution in [0.2, 0.25) is 0 Å². The summed E-state index contributed by atoms with van der Waals surface area (Å²) < 4.78 is 6.26. The maximum absolute atomic E-state index is 12.2. The lowest BCUT2D eigenvalue weighted by Gasteiger charge is -2.28. The lowest BCUT2D eigenvalue weighted by atomic mass is 10.1. The van der Waals surface area contributed by atoms with Crippen molar-refractivity contribution in [1.82, 2.24) is 9.88 Å². The molecule has 1 aliphatic heterocycles. The highest BCUT2D eigenvalue weighted by Gasteiger charge is 2.33. The molecule has 0 aromatic carbocycles. The molecule has 5 heteroatoms. The van der Waals surface area contributed by atoms with Crippen LogP contribution in [-0.2, 0) is 4.74 Å². The molecule has 1 amide bonds. The molecule has 1 aromatic rings. The molecule has 0 saturated carbocycles. The van der Waals surface area contributed by atoms with Crippen LogP contribution in [0.25, 0.3) is 0 Å². The molecular formula is C14H19BrN2O2. The predicted molar refractivity (Wildman–Crippen MR) is 76.9 cm³/mol. The topological polar surface area (TPSA) is 42.4 Å². The van der Waals surface area contributed by atoms with Gasteiger partial charge in [-0.25, -0.2) is 9.78 Å². The van der Waals surface area contributed by atoms with Gasteiger partial charge >= 0.3 is 6.09 Å². The minimum Gasteiger partial charge on any atom is -0.444 e. The van der Waals surface area contributed by atoms with Crippen molar-refractivity contribution in [3.63, 3.8) is 0 Å². The van der Waals surface area contributed by atoms with Crippen molar-refractivity contribution in [2.24, 2.45) is 0 Å². The van der Waals surface area contributed by atoms with E-state index in [0.717, 1.165) is 29.6 Å². The molecule has 0 bridgehead atoms. The Morgan fingerprint density at radius 3 is 2.79 bits per heavy atom. The Kier molecular flexibility index (Phi) is 4.13. The zero-order valence-electron chi connectivity index (χ0n) is 11.5. The minimum atomic E-state index is -0.456. The van der Waals surface area contributed by atoms with Crippen molar-refractivity contribution in [3.8, 4) is 0 Å². The first-order valence-electron chi connectivity index (χ1n) is 6.48. The molecular weight excluding hydrogens is 308 g/mol. The van der Waals surface area contributed by atoms with Gasteiger partial charge in [0.15, 0.2) is 0 Å². The normalized spacial score (nSPS) is 19.6. The quantitative estimate of drug-likeness (QED) is 0.734. The van der Waals surface area contributed by atoms with Gasteiger partial charge in [-0.2, -0.15) is 0 Å². The van der Waals surface area contributed by atoms with Gasteiger partial charge in [-0.05, 0) is 61.2 Å². The first-order valence-corrected chi connectivity index (χ1v) is 7.27. The van der Waals surface area contributed by atoms with Crippen LogP contribution in [-0.4, -0.2) is 28.1 Å². The van der Waals surface area contributed by atoms with Crippen LogP contribution in [0.4, 0.5) is 4.79 Å². The van der Waals surface area contributed by atoms with E-state index < -0.39 is 5.60 Å². The van der Waals surface area contributed by atoms with Crippen LogP contribution in [0.15, 0.2) is 22.9 Å². The molecule has 1 saturated heterocycles. The standard InChI is InChI=1S/C14H19BrN2O2/c1-14(2,3)19-13(18)17-8-4-5-11(17)10-6-7-12(15)16-9-10/h6-7,9,11H,4-5,8H2,1-3H3/t11-/m1/s1. The number of aromatic nitrogens is 1. The Hall–Kier alpha value is -1.10. The Balaban J connectivity index is 2.12. The van der Waals surface area contributed by atoms with Gasteiger partial charge < -0.3 is 9.64 Å². The first-order chi connectivity index (χ1) is 8.87. The van der Waals surface area contributed by atoms with Crippen molar-refractivity contribution in [1.29, 1.82) is 0 Å². The third-order valence-electron chi connectivity index (χ3n) is 3.02. The largest absolute Gasteiger partial charge is 0.444 e. The maximum Gasteiger partial charge on any atom is 0.410 e. The summed E-state index contributed by atoms with van der Waals surface area (Å²) >= 11 is 3.32. The van der Waals surface area contributed by atoms with Gasteiger partial charge in [0.25, 0.3) is 0 Å². The average Bonchev–Trinajstić information content (AvgIpc) is 2.76. The van der Waals surface area contributed by atoms with Crippen LogP contribution in [0, 0.1) is 0 Å². The number of ether oxygens (including phenoxy) is 1. The monoisotopic (exact) mass is 326 g/mol. The highest BCUT2D eigenvalue weighted by atomic mass is 79.9. The summed E-state index contributed by atoms with van der Waals surface area (Å²) in [4.78, 5) is 18.2. The van der Waals surface area contributed by atoms with Gasteiger partial charge in [-0.3, -0.25) is 0 Å². The molecule has 1 aliphatic rings. The Morgan fingerprint density at radius 2 is 2.21 bits per heavy atom. The minimum absolute atomic E-state index is 0.0791. The second-order valence-corrected chi connectivity index (χ2v) is 6.56. The van der Waals surface area contributed by atoms with Gasteiger partial charge in [-0.1, -0.05) is 6.07 Å². The van der Waals surface area contributed by atoms with E-state index in [4.69, 9.17) is 4.74 Å². The number of nitrogens with zero attached hydrogens (tertiary/aromatic N) is 2. The number of likely N-dealkylation sites (tertiary alicyclic amines) is 1. The zero-order valence-corrected chi connectivity index (χ0v) is 13.1. The Morgan fingerprint density at radius 1 is 1.47 bits per heavy atom. The first kappa shape index (κ1) is 14.3. The van der Waals surface area contributed by atoms with Gasteiger partial charge in [0.05, 0.1) is 6.04 Å². The van der Waals surface area contributed by atoms with E-state index in [0.29, 0.717) is 0 Å². The average molecular weight is 327 g/mol. The number of hydrogen-bond acceptors (Lipinski definition) is 3. The Labute approximate surface area is 122 Å². The molecule has 104 valence electrons. The number of carbonyl (C=O) groups is 1. The molecule has 4 nitrogen and oxygen atoms in total. The van der Waals surface area contributed by atoms with Crippen LogP contribution in [0.3, 0.4) is 0 Å². The SMILES string of the molecule is CC(C)(C)OC(=O)N1CCC[C@@H]1c1ccc(Br)nc1. The van der Waals surface area contributed by atoms with E-state index in [2.05, 4.69) is 20.9 Å². The molecule has 19 heavy (non-hydrogen) atoms. The molecule has 0 unspecified atom stereocenters. The number of halogens is 1. The van der Waals surface area contributed by atoms with E-state index in [1.54, 1.807) is 4.90 Å². The van der Waals surface area contributed by atoms with Crippen molar-refractivity contribution in [2.75, 3.05) is 6.54 Å². The Bertz CT molecular complexity index is 454. The van der Waals surface area contributed by atoms with E-state index in [9.17, 15) is 4.79 Å². The fraction of sp³-hybridized carbons (Fsp3) is 0.571. The number of carbonyl (C=O) groups excluding carboxylic acids is 1. The van der Waals surface area contributed by atoms with Gasteiger partial charge in [0.1, 0.15) is 10.2 Å². The highest BCUT2D eigenvalue weighted by molar-refractivity contribution is 9.10. The van der Waals surface area contributed by atoms with Crippen LogP contribution >= 0.6 is 15.9 Å². The lowest BCUT2D eigenvalue weighted by Crippen LogP contribution is -2.36. The van der Waals surface area contributed by atoms with Gasteiger partial charge in [0, 0.05) is 12.7 Å². The summed E-state index contributed by atoms with van der Waals surface area (Å²) in [5.41, 5.74) is 0.605. The van der Waals surface area contributed by atoms with Crippen LogP contribution in [0.5, 0.6) is 0 Å². The molecule has 0 radical (unpaired) electrons. The summed E-state index contributed by atoms with van der Waals surface area (Å²) in [5, 5.41) is 0. The van der Waals surface area contributed by atoms with Crippen LogP contribution in [0.1, 0.15) is 45.2 Å². The van der Waals surface area contributed by atoms with Crippen LogP contribution < -0.4 is 0 Å². The number of pyridine rings is 1. The molecule has 2 rings (SSSR count). The van der Waals surface area contributed by atoms with E-state index in [1.165, 1.54) is 0 Å². The summed E-state index contributed by atoms with van der Waals surface area (Å²) in [6.07, 6.45) is 3.54. The van der Waals surface area contributed by atoms with Crippen molar-refractivity contribution < 1.29 is 9.53 Å².